The maximum absolute atomic E-state index is 11.8. The minimum Gasteiger partial charge on any atom is -0.352 e. The molecule has 1 atom stereocenters. The van der Waals surface area contributed by atoms with Gasteiger partial charge in [0.15, 0.2) is 9.84 Å². The first-order valence-electron chi connectivity index (χ1n) is 6.29. The molecule has 7 heteroatoms. The smallest absolute Gasteiger partial charge is 0.220 e. The predicted molar refractivity (Wildman–Crippen MR) is 80.0 cm³/mol. The molecule has 0 spiro atoms. The van der Waals surface area contributed by atoms with E-state index < -0.39 is 9.84 Å². The molecule has 0 saturated carbocycles. The molecule has 2 rings (SSSR count). The Bertz CT molecular complexity index is 616. The molecule has 1 fully saturated rings. The number of amides is 1. The van der Waals surface area contributed by atoms with E-state index in [0.717, 1.165) is 5.56 Å². The van der Waals surface area contributed by atoms with Gasteiger partial charge in [-0.2, -0.15) is 0 Å². The molecule has 1 aromatic carbocycles. The van der Waals surface area contributed by atoms with Crippen molar-refractivity contribution in [2.45, 2.75) is 25.3 Å². The van der Waals surface area contributed by atoms with Crippen molar-refractivity contribution < 1.29 is 13.2 Å². The Morgan fingerprint density at radius 3 is 2.65 bits per heavy atom. The van der Waals surface area contributed by atoms with Gasteiger partial charge in [0, 0.05) is 12.5 Å². The maximum atomic E-state index is 11.8. The number of carbonyl (C=O) groups excluding carboxylic acids is 1. The molecule has 1 saturated heterocycles. The Hall–Kier alpha value is -0.780. The lowest BCUT2D eigenvalue weighted by Gasteiger charge is -2.10. The van der Waals surface area contributed by atoms with Gasteiger partial charge >= 0.3 is 0 Å². The molecule has 0 aliphatic carbocycles. The highest BCUT2D eigenvalue weighted by molar-refractivity contribution is 7.91. The quantitative estimate of drug-likeness (QED) is 0.917. The van der Waals surface area contributed by atoms with Crippen LogP contribution < -0.4 is 5.32 Å². The summed E-state index contributed by atoms with van der Waals surface area (Å²) >= 11 is 11.7. The van der Waals surface area contributed by atoms with Crippen LogP contribution in [0.5, 0.6) is 0 Å². The van der Waals surface area contributed by atoms with Gasteiger partial charge in [0.2, 0.25) is 5.91 Å². The molecular formula is C13H15Cl2NO3S. The van der Waals surface area contributed by atoms with Gasteiger partial charge in [0.25, 0.3) is 0 Å². The molecule has 1 N–H and O–H groups in total. The topological polar surface area (TPSA) is 63.2 Å². The van der Waals surface area contributed by atoms with Crippen LogP contribution in [0.1, 0.15) is 18.4 Å². The highest BCUT2D eigenvalue weighted by Crippen LogP contribution is 2.23. The first-order valence-corrected chi connectivity index (χ1v) is 8.87. The summed E-state index contributed by atoms with van der Waals surface area (Å²) in [6, 6.07) is 5.00. The summed E-state index contributed by atoms with van der Waals surface area (Å²) in [5.41, 5.74) is 0.925. The number of sulfone groups is 1. The molecule has 0 radical (unpaired) electrons. The van der Waals surface area contributed by atoms with Gasteiger partial charge in [-0.1, -0.05) is 29.3 Å². The Kier molecular flexibility index (Phi) is 4.94. The van der Waals surface area contributed by atoms with Crippen molar-refractivity contribution >= 4 is 38.9 Å². The fourth-order valence-electron chi connectivity index (χ4n) is 2.16. The van der Waals surface area contributed by atoms with Gasteiger partial charge in [0.05, 0.1) is 21.6 Å². The van der Waals surface area contributed by atoms with E-state index >= 15 is 0 Å². The number of nitrogens with one attached hydrogen (secondary N) is 1. The van der Waals surface area contributed by atoms with Crippen LogP contribution in [0.3, 0.4) is 0 Å². The van der Waals surface area contributed by atoms with Crippen molar-refractivity contribution in [2.75, 3.05) is 11.5 Å². The zero-order chi connectivity index (χ0) is 14.8. The molecular weight excluding hydrogens is 321 g/mol. The standard InChI is InChI=1S/C13H15Cl2NO3S/c14-11-3-1-9(7-12(11)15)2-4-13(17)16-10-5-6-20(18,19)8-10/h1,3,7,10H,2,4-6,8H2,(H,16,17). The van der Waals surface area contributed by atoms with Gasteiger partial charge < -0.3 is 5.32 Å². The predicted octanol–water partition coefficient (Wildman–Crippen LogP) is 2.23. The van der Waals surface area contributed by atoms with Crippen LogP contribution in [0.2, 0.25) is 10.0 Å². The Morgan fingerprint density at radius 2 is 2.05 bits per heavy atom. The number of halogens is 2. The van der Waals surface area contributed by atoms with Gasteiger partial charge in [-0.3, -0.25) is 4.79 Å². The van der Waals surface area contributed by atoms with E-state index in [1.54, 1.807) is 12.1 Å². The summed E-state index contributed by atoms with van der Waals surface area (Å²) in [6.45, 7) is 0. The molecule has 1 unspecified atom stereocenters. The summed E-state index contributed by atoms with van der Waals surface area (Å²) in [4.78, 5) is 11.8. The Labute approximate surface area is 128 Å². The van der Waals surface area contributed by atoms with E-state index in [1.165, 1.54) is 0 Å². The molecule has 1 aliphatic heterocycles. The maximum Gasteiger partial charge on any atom is 0.220 e. The second-order valence-electron chi connectivity index (χ2n) is 4.92. The fourth-order valence-corrected chi connectivity index (χ4v) is 4.16. The first kappa shape index (κ1) is 15.6. The minimum absolute atomic E-state index is 0.0471. The third kappa shape index (κ3) is 4.36. The van der Waals surface area contributed by atoms with Crippen molar-refractivity contribution in [1.82, 2.24) is 5.32 Å². The number of aryl methyl sites for hydroxylation is 1. The summed E-state index contributed by atoms with van der Waals surface area (Å²) in [5, 5.41) is 3.70. The Balaban J connectivity index is 1.82. The van der Waals surface area contributed by atoms with Crippen molar-refractivity contribution in [1.29, 1.82) is 0 Å². The molecule has 1 aliphatic rings. The van der Waals surface area contributed by atoms with Crippen LogP contribution in [0.4, 0.5) is 0 Å². The van der Waals surface area contributed by atoms with E-state index in [9.17, 15) is 13.2 Å². The van der Waals surface area contributed by atoms with Crippen molar-refractivity contribution in [3.05, 3.63) is 33.8 Å². The van der Waals surface area contributed by atoms with Crippen LogP contribution in [-0.2, 0) is 21.1 Å². The highest BCUT2D eigenvalue weighted by atomic mass is 35.5. The summed E-state index contributed by atoms with van der Waals surface area (Å²) in [6.07, 6.45) is 1.34. The average Bonchev–Trinajstić information content (AvgIpc) is 2.70. The Morgan fingerprint density at radius 1 is 1.30 bits per heavy atom. The van der Waals surface area contributed by atoms with Gasteiger partial charge in [0.1, 0.15) is 0 Å². The highest BCUT2D eigenvalue weighted by Gasteiger charge is 2.28. The summed E-state index contributed by atoms with van der Waals surface area (Å²) in [7, 11) is -2.97. The SMILES string of the molecule is O=C(CCc1ccc(Cl)c(Cl)c1)NC1CCS(=O)(=O)C1. The van der Waals surface area contributed by atoms with Crippen molar-refractivity contribution in [3.8, 4) is 0 Å². The van der Waals surface area contributed by atoms with Crippen molar-refractivity contribution in [2.24, 2.45) is 0 Å². The van der Waals surface area contributed by atoms with Crippen LogP contribution in [0.25, 0.3) is 0 Å². The molecule has 1 aromatic rings. The lowest BCUT2D eigenvalue weighted by atomic mass is 10.1. The van der Waals surface area contributed by atoms with E-state index in [2.05, 4.69) is 5.32 Å². The van der Waals surface area contributed by atoms with Crippen molar-refractivity contribution in [3.63, 3.8) is 0 Å². The molecule has 0 bridgehead atoms. The number of carbonyl (C=O) groups is 1. The van der Waals surface area contributed by atoms with E-state index in [0.29, 0.717) is 29.3 Å². The number of hydrogen-bond donors (Lipinski definition) is 1. The molecule has 20 heavy (non-hydrogen) atoms. The van der Waals surface area contributed by atoms with Crippen LogP contribution in [0, 0.1) is 0 Å². The van der Waals surface area contributed by atoms with Gasteiger partial charge in [-0.25, -0.2) is 8.42 Å². The molecule has 1 amide bonds. The normalized spacial score (nSPS) is 20.8. The van der Waals surface area contributed by atoms with E-state index in [1.807, 2.05) is 6.07 Å². The second-order valence-corrected chi connectivity index (χ2v) is 7.96. The summed E-state index contributed by atoms with van der Waals surface area (Å²) in [5.74, 6) is 0.0640. The third-order valence-electron chi connectivity index (χ3n) is 3.22. The van der Waals surface area contributed by atoms with Crippen LogP contribution in [0.15, 0.2) is 18.2 Å². The minimum atomic E-state index is -2.97. The second kappa shape index (κ2) is 6.33. The number of benzene rings is 1. The van der Waals surface area contributed by atoms with Gasteiger partial charge in [-0.05, 0) is 30.5 Å². The molecule has 0 aromatic heterocycles. The average molecular weight is 336 g/mol. The lowest BCUT2D eigenvalue weighted by Crippen LogP contribution is -2.35. The number of hydrogen-bond acceptors (Lipinski definition) is 3. The molecule has 1 heterocycles. The molecule has 4 nitrogen and oxygen atoms in total. The molecule has 110 valence electrons. The van der Waals surface area contributed by atoms with Gasteiger partial charge in [-0.15, -0.1) is 0 Å². The zero-order valence-corrected chi connectivity index (χ0v) is 13.1. The lowest BCUT2D eigenvalue weighted by molar-refractivity contribution is -0.121. The fraction of sp³-hybridized carbons (Fsp3) is 0.462. The van der Waals surface area contributed by atoms with E-state index in [-0.39, 0.29) is 23.5 Å². The zero-order valence-electron chi connectivity index (χ0n) is 10.7. The van der Waals surface area contributed by atoms with Crippen LogP contribution >= 0.6 is 23.2 Å². The number of rotatable bonds is 4. The monoisotopic (exact) mass is 335 g/mol. The first-order chi connectivity index (χ1) is 9.35. The van der Waals surface area contributed by atoms with Crippen LogP contribution in [-0.4, -0.2) is 31.9 Å². The third-order valence-corrected chi connectivity index (χ3v) is 5.73. The van der Waals surface area contributed by atoms with E-state index in [4.69, 9.17) is 23.2 Å². The summed E-state index contributed by atoms with van der Waals surface area (Å²) < 4.78 is 22.6. The largest absolute Gasteiger partial charge is 0.352 e.